The Bertz CT molecular complexity index is 538. The highest BCUT2D eigenvalue weighted by molar-refractivity contribution is 5.34. The minimum atomic E-state index is 0.210. The van der Waals surface area contributed by atoms with Gasteiger partial charge in [-0.2, -0.15) is 0 Å². The molecule has 0 amide bonds. The maximum absolute atomic E-state index is 3.67. The average Bonchev–Trinajstić information content (AvgIpc) is 3.07. The van der Waals surface area contributed by atoms with Gasteiger partial charge in [-0.3, -0.25) is 0 Å². The molecule has 24 heavy (non-hydrogen) atoms. The lowest BCUT2D eigenvalue weighted by molar-refractivity contribution is 0.362. The van der Waals surface area contributed by atoms with Crippen molar-refractivity contribution < 1.29 is 0 Å². The van der Waals surface area contributed by atoms with Gasteiger partial charge in [0.15, 0.2) is 0 Å². The van der Waals surface area contributed by atoms with Crippen molar-refractivity contribution in [1.29, 1.82) is 0 Å². The van der Waals surface area contributed by atoms with Crippen LogP contribution in [0.25, 0.3) is 0 Å². The summed E-state index contributed by atoms with van der Waals surface area (Å²) in [4.78, 5) is 0. The normalized spacial score (nSPS) is 20.7. The van der Waals surface area contributed by atoms with Crippen LogP contribution in [0, 0.1) is 0 Å². The molecule has 0 spiro atoms. The number of hydrogen-bond acceptors (Lipinski definition) is 2. The number of nitrogens with one attached hydrogen (secondary N) is 2. The van der Waals surface area contributed by atoms with Crippen molar-refractivity contribution in [2.75, 3.05) is 0 Å². The van der Waals surface area contributed by atoms with Gasteiger partial charge in [-0.05, 0) is 78.4 Å². The van der Waals surface area contributed by atoms with Gasteiger partial charge < -0.3 is 10.6 Å². The van der Waals surface area contributed by atoms with E-state index in [4.69, 9.17) is 0 Å². The Balaban J connectivity index is 0.000000185. The van der Waals surface area contributed by atoms with Gasteiger partial charge in [0.05, 0.1) is 0 Å². The predicted octanol–water partition coefficient (Wildman–Crippen LogP) is 5.16. The van der Waals surface area contributed by atoms with E-state index in [-0.39, 0.29) is 11.1 Å². The minimum Gasteiger partial charge on any atom is -0.309 e. The summed E-state index contributed by atoms with van der Waals surface area (Å²) in [5.74, 6) is 0. The Morgan fingerprint density at radius 3 is 2.00 bits per heavy atom. The van der Waals surface area contributed by atoms with Crippen LogP contribution in [0.5, 0.6) is 0 Å². The van der Waals surface area contributed by atoms with Crippen LogP contribution < -0.4 is 10.6 Å². The summed E-state index contributed by atoms with van der Waals surface area (Å²) in [6.45, 7) is 13.3. The highest BCUT2D eigenvalue weighted by Crippen LogP contribution is 2.32. The van der Waals surface area contributed by atoms with E-state index >= 15 is 0 Å². The van der Waals surface area contributed by atoms with Gasteiger partial charge in [-0.1, -0.05) is 36.4 Å². The fourth-order valence-electron chi connectivity index (χ4n) is 3.58. The fourth-order valence-corrected chi connectivity index (χ4v) is 3.58. The Morgan fingerprint density at radius 1 is 0.833 bits per heavy atom. The third kappa shape index (κ3) is 6.41. The zero-order chi connectivity index (χ0) is 17.8. The number of aryl methyl sites for hydroxylation is 1. The van der Waals surface area contributed by atoms with Gasteiger partial charge in [-0.25, -0.2) is 0 Å². The molecule has 0 fully saturated rings. The average molecular weight is 329 g/mol. The Labute approximate surface area is 149 Å². The molecule has 1 aromatic rings. The first-order valence-electron chi connectivity index (χ1n) is 9.42. The van der Waals surface area contributed by atoms with Crippen LogP contribution in [0.2, 0.25) is 0 Å². The van der Waals surface area contributed by atoms with Crippen LogP contribution in [-0.4, -0.2) is 17.1 Å². The second-order valence-electron chi connectivity index (χ2n) is 9.22. The van der Waals surface area contributed by atoms with E-state index in [2.05, 4.69) is 88.6 Å². The maximum Gasteiger partial charge on any atom is 0.0330 e. The van der Waals surface area contributed by atoms with Crippen molar-refractivity contribution in [3.8, 4) is 0 Å². The molecule has 0 aromatic heterocycles. The van der Waals surface area contributed by atoms with Crippen LogP contribution in [0.3, 0.4) is 0 Å². The lowest BCUT2D eigenvalue weighted by Gasteiger charge is -2.26. The summed E-state index contributed by atoms with van der Waals surface area (Å²) in [6, 6.07) is 10.0. The van der Waals surface area contributed by atoms with Crippen molar-refractivity contribution in [2.24, 2.45) is 0 Å². The molecule has 0 saturated carbocycles. The molecule has 0 heterocycles. The van der Waals surface area contributed by atoms with E-state index in [0.717, 1.165) is 0 Å². The molecule has 2 heteroatoms. The summed E-state index contributed by atoms with van der Waals surface area (Å²) >= 11 is 0. The molecular weight excluding hydrogens is 292 g/mol. The Morgan fingerprint density at radius 2 is 1.42 bits per heavy atom. The van der Waals surface area contributed by atoms with Crippen molar-refractivity contribution in [1.82, 2.24) is 10.6 Å². The Hall–Kier alpha value is -1.12. The first-order chi connectivity index (χ1) is 11.1. The van der Waals surface area contributed by atoms with Crippen molar-refractivity contribution >= 4 is 0 Å². The van der Waals surface area contributed by atoms with Crippen molar-refractivity contribution in [3.05, 3.63) is 47.5 Å². The van der Waals surface area contributed by atoms with Crippen LogP contribution >= 0.6 is 0 Å². The highest BCUT2D eigenvalue weighted by Gasteiger charge is 2.25. The maximum atomic E-state index is 3.67. The van der Waals surface area contributed by atoms with E-state index in [9.17, 15) is 0 Å². The summed E-state index contributed by atoms with van der Waals surface area (Å²) in [5.41, 5.74) is 3.51. The SMILES string of the molecule is CC(C)(C)NC1CC=CC1.CC(C)(C)NC1CCc2ccccc21. The van der Waals surface area contributed by atoms with E-state index in [1.54, 1.807) is 0 Å². The smallest absolute Gasteiger partial charge is 0.0330 e. The summed E-state index contributed by atoms with van der Waals surface area (Å²) < 4.78 is 0. The van der Waals surface area contributed by atoms with Gasteiger partial charge in [0.2, 0.25) is 0 Å². The summed E-state index contributed by atoms with van der Waals surface area (Å²) in [5, 5.41) is 7.23. The second kappa shape index (κ2) is 7.84. The minimum absolute atomic E-state index is 0.210. The molecule has 1 atom stereocenters. The first-order valence-corrected chi connectivity index (χ1v) is 9.42. The third-order valence-electron chi connectivity index (χ3n) is 4.39. The lowest BCUT2D eigenvalue weighted by atomic mass is 10.0. The van der Waals surface area contributed by atoms with Gasteiger partial charge in [0.1, 0.15) is 0 Å². The van der Waals surface area contributed by atoms with E-state index in [0.29, 0.717) is 12.1 Å². The number of hydrogen-bond donors (Lipinski definition) is 2. The molecule has 0 bridgehead atoms. The molecule has 0 radical (unpaired) electrons. The molecule has 2 aliphatic rings. The number of benzene rings is 1. The molecule has 2 nitrogen and oxygen atoms in total. The zero-order valence-electron chi connectivity index (χ0n) is 16.4. The molecule has 0 aliphatic heterocycles. The van der Waals surface area contributed by atoms with E-state index in [1.165, 1.54) is 36.8 Å². The molecule has 0 saturated heterocycles. The molecule has 2 aliphatic carbocycles. The summed E-state index contributed by atoms with van der Waals surface area (Å²) in [6.07, 6.45) is 9.39. The molecule has 3 rings (SSSR count). The first kappa shape index (κ1) is 19.2. The van der Waals surface area contributed by atoms with Crippen molar-refractivity contribution in [3.63, 3.8) is 0 Å². The van der Waals surface area contributed by atoms with Crippen LogP contribution in [0.4, 0.5) is 0 Å². The Kier molecular flexibility index (Phi) is 6.28. The van der Waals surface area contributed by atoms with Crippen molar-refractivity contribution in [2.45, 2.75) is 90.4 Å². The number of fused-ring (bicyclic) bond motifs is 1. The van der Waals surface area contributed by atoms with Crippen LogP contribution in [0.1, 0.15) is 78.0 Å². The van der Waals surface area contributed by atoms with Crippen LogP contribution in [-0.2, 0) is 6.42 Å². The van der Waals surface area contributed by atoms with E-state index in [1.807, 2.05) is 0 Å². The molecule has 1 aromatic carbocycles. The zero-order valence-corrected chi connectivity index (χ0v) is 16.4. The molecule has 2 N–H and O–H groups in total. The van der Waals surface area contributed by atoms with Gasteiger partial charge in [-0.15, -0.1) is 0 Å². The standard InChI is InChI=1S/C13H19N.C9H17N/c1-13(2,3)14-12-9-8-10-6-4-5-7-11(10)12;1-9(2,3)10-8-6-4-5-7-8/h4-7,12,14H,8-9H2,1-3H3;4-5,8,10H,6-7H2,1-3H3. The molecular formula is C22H36N2. The topological polar surface area (TPSA) is 24.1 Å². The predicted molar refractivity (Wildman–Crippen MR) is 105 cm³/mol. The van der Waals surface area contributed by atoms with Gasteiger partial charge in [0, 0.05) is 23.2 Å². The highest BCUT2D eigenvalue weighted by atomic mass is 15.0. The molecule has 1 unspecified atom stereocenters. The monoisotopic (exact) mass is 328 g/mol. The largest absolute Gasteiger partial charge is 0.309 e. The lowest BCUT2D eigenvalue weighted by Crippen LogP contribution is -2.42. The van der Waals surface area contributed by atoms with E-state index < -0.39 is 0 Å². The summed E-state index contributed by atoms with van der Waals surface area (Å²) in [7, 11) is 0. The fraction of sp³-hybridized carbons (Fsp3) is 0.636. The third-order valence-corrected chi connectivity index (χ3v) is 4.39. The quantitative estimate of drug-likeness (QED) is 0.733. The van der Waals surface area contributed by atoms with Crippen LogP contribution in [0.15, 0.2) is 36.4 Å². The second-order valence-corrected chi connectivity index (χ2v) is 9.22. The number of rotatable bonds is 2. The van der Waals surface area contributed by atoms with Gasteiger partial charge in [0.25, 0.3) is 0 Å². The molecule has 134 valence electrons. The van der Waals surface area contributed by atoms with Gasteiger partial charge >= 0.3 is 0 Å².